The Morgan fingerprint density at radius 1 is 1.31 bits per heavy atom. The molecule has 0 radical (unpaired) electrons. The molecule has 1 aromatic carbocycles. The molecule has 8 nitrogen and oxygen atoms in total. The summed E-state index contributed by atoms with van der Waals surface area (Å²) in [5.41, 5.74) is 2.73. The molecule has 1 aromatic rings. The van der Waals surface area contributed by atoms with Gasteiger partial charge in [0.05, 0.1) is 0 Å². The molecule has 1 unspecified atom stereocenters. The van der Waals surface area contributed by atoms with E-state index in [1.165, 1.54) is 4.90 Å². The van der Waals surface area contributed by atoms with E-state index in [9.17, 15) is 29.0 Å². The van der Waals surface area contributed by atoms with E-state index in [1.807, 2.05) is 39.0 Å². The number of carbonyl (C=O) groups excluding carboxylic acids is 1. The summed E-state index contributed by atoms with van der Waals surface area (Å²) in [5, 5.41) is 9.57. The quantitative estimate of drug-likeness (QED) is 0.669. The molecule has 0 saturated carbocycles. The van der Waals surface area contributed by atoms with Crippen molar-refractivity contribution in [3.63, 3.8) is 0 Å². The highest BCUT2D eigenvalue weighted by atomic mass is 31.2. The minimum Gasteiger partial charge on any atom is -0.480 e. The smallest absolute Gasteiger partial charge is 0.344 e. The number of amides is 2. The van der Waals surface area contributed by atoms with Crippen LogP contribution in [0.2, 0.25) is 0 Å². The van der Waals surface area contributed by atoms with Crippen LogP contribution in [0.4, 0.5) is 4.79 Å². The van der Waals surface area contributed by atoms with E-state index in [0.717, 1.165) is 21.6 Å². The number of aryl methyl sites for hydroxylation is 1. The molecule has 9 heteroatoms. The Hall–Kier alpha value is -1.89. The third-order valence-electron chi connectivity index (χ3n) is 4.23. The van der Waals surface area contributed by atoms with E-state index in [0.29, 0.717) is 0 Å². The van der Waals surface area contributed by atoms with Gasteiger partial charge in [-0.15, -0.1) is 0 Å². The van der Waals surface area contributed by atoms with Gasteiger partial charge in [-0.05, 0) is 24.0 Å². The fourth-order valence-electron chi connectivity index (χ4n) is 3.18. The first-order valence-electron chi connectivity index (χ1n) is 8.39. The van der Waals surface area contributed by atoms with Crippen LogP contribution in [0.15, 0.2) is 18.2 Å². The molecule has 2 amide bonds. The van der Waals surface area contributed by atoms with Crippen molar-refractivity contribution in [2.75, 3.05) is 12.8 Å². The maximum Gasteiger partial charge on any atom is 0.344 e. The number of carboxylic acids is 1. The van der Waals surface area contributed by atoms with Gasteiger partial charge in [0.15, 0.2) is 0 Å². The summed E-state index contributed by atoms with van der Waals surface area (Å²) in [6.45, 7) is 5.79. The summed E-state index contributed by atoms with van der Waals surface area (Å²) in [7, 11) is -4.47. The topological polar surface area (TPSA) is 118 Å². The molecule has 0 saturated heterocycles. The first-order chi connectivity index (χ1) is 12.0. The molecule has 2 rings (SSSR count). The normalized spacial score (nSPS) is 17.2. The molecule has 1 heterocycles. The third kappa shape index (κ3) is 5.06. The van der Waals surface area contributed by atoms with Crippen molar-refractivity contribution in [3.8, 4) is 0 Å². The molecule has 26 heavy (non-hydrogen) atoms. The number of fused-ring (bicyclic) bond motifs is 1. The number of rotatable bonds is 5. The Balaban J connectivity index is 2.35. The van der Waals surface area contributed by atoms with Crippen LogP contribution in [-0.2, 0) is 22.3 Å². The fourth-order valence-corrected chi connectivity index (χ4v) is 3.86. The molecular weight excluding hydrogens is 359 g/mol. The molecule has 0 fully saturated rings. The van der Waals surface area contributed by atoms with Gasteiger partial charge < -0.3 is 24.7 Å². The van der Waals surface area contributed by atoms with Crippen molar-refractivity contribution in [2.24, 2.45) is 5.92 Å². The molecule has 1 aliphatic rings. The van der Waals surface area contributed by atoms with Gasteiger partial charge in [0.25, 0.3) is 0 Å². The molecule has 0 aromatic heterocycles. The first kappa shape index (κ1) is 20.4. The zero-order valence-corrected chi connectivity index (χ0v) is 16.0. The van der Waals surface area contributed by atoms with Gasteiger partial charge >= 0.3 is 19.6 Å². The lowest BCUT2D eigenvalue weighted by molar-refractivity contribution is -0.142. The summed E-state index contributed by atoms with van der Waals surface area (Å²) in [6.07, 6.45) is -0.560. The highest BCUT2D eigenvalue weighted by molar-refractivity contribution is 7.51. The molecule has 0 spiro atoms. The second-order valence-electron chi connectivity index (χ2n) is 7.16. The summed E-state index contributed by atoms with van der Waals surface area (Å²) < 4.78 is 11.4. The third-order valence-corrected chi connectivity index (χ3v) is 4.94. The van der Waals surface area contributed by atoms with Crippen LogP contribution in [0, 0.1) is 12.8 Å². The summed E-state index contributed by atoms with van der Waals surface area (Å²) >= 11 is 0. The lowest BCUT2D eigenvalue weighted by atomic mass is 9.93. The van der Waals surface area contributed by atoms with E-state index < -0.39 is 31.9 Å². The predicted molar refractivity (Wildman–Crippen MR) is 95.7 cm³/mol. The summed E-state index contributed by atoms with van der Waals surface area (Å²) in [6, 6.07) is 3.94. The van der Waals surface area contributed by atoms with Crippen molar-refractivity contribution in [1.29, 1.82) is 0 Å². The highest BCUT2D eigenvalue weighted by Gasteiger charge is 2.38. The minimum atomic E-state index is -4.47. The molecule has 3 N–H and O–H groups in total. The van der Waals surface area contributed by atoms with Crippen LogP contribution in [0.25, 0.3) is 0 Å². The van der Waals surface area contributed by atoms with Crippen molar-refractivity contribution >= 4 is 19.6 Å². The Labute approximate surface area is 152 Å². The van der Waals surface area contributed by atoms with Crippen LogP contribution < -0.4 is 0 Å². The Morgan fingerprint density at radius 3 is 2.50 bits per heavy atom. The van der Waals surface area contributed by atoms with Crippen LogP contribution in [0.3, 0.4) is 0 Å². The molecule has 1 atom stereocenters. The van der Waals surface area contributed by atoms with Gasteiger partial charge in [-0.2, -0.15) is 0 Å². The van der Waals surface area contributed by atoms with E-state index in [-0.39, 0.29) is 25.4 Å². The fraction of sp³-hybridized carbons (Fsp3) is 0.529. The van der Waals surface area contributed by atoms with E-state index in [4.69, 9.17) is 0 Å². The van der Waals surface area contributed by atoms with Crippen molar-refractivity contribution < 1.29 is 29.0 Å². The lowest BCUT2D eigenvalue weighted by Gasteiger charge is -2.38. The largest absolute Gasteiger partial charge is 0.480 e. The van der Waals surface area contributed by atoms with Gasteiger partial charge in [0.1, 0.15) is 12.3 Å². The Kier molecular flexibility index (Phi) is 6.11. The number of hydrogen-bond acceptors (Lipinski definition) is 3. The van der Waals surface area contributed by atoms with Crippen LogP contribution in [0.1, 0.15) is 30.5 Å². The van der Waals surface area contributed by atoms with Crippen molar-refractivity contribution in [1.82, 2.24) is 9.80 Å². The molecular formula is C17H25N2O6P. The Bertz CT molecular complexity index is 745. The highest BCUT2D eigenvalue weighted by Crippen LogP contribution is 2.36. The summed E-state index contributed by atoms with van der Waals surface area (Å²) in [5.74, 6) is -1.15. The number of benzene rings is 1. The second kappa shape index (κ2) is 7.78. The average molecular weight is 384 g/mol. The number of carboxylic acid groups (broad SMARTS) is 1. The number of hydrogen-bond donors (Lipinski definition) is 3. The molecule has 0 aliphatic carbocycles. The van der Waals surface area contributed by atoms with Crippen LogP contribution in [0.5, 0.6) is 0 Å². The van der Waals surface area contributed by atoms with Gasteiger partial charge in [0, 0.05) is 19.5 Å². The van der Waals surface area contributed by atoms with Crippen LogP contribution >= 0.6 is 7.60 Å². The maximum absolute atomic E-state index is 13.0. The summed E-state index contributed by atoms with van der Waals surface area (Å²) in [4.78, 5) is 45.5. The van der Waals surface area contributed by atoms with E-state index in [1.54, 1.807) is 0 Å². The molecule has 144 valence electrons. The van der Waals surface area contributed by atoms with Gasteiger partial charge in [-0.3, -0.25) is 4.57 Å². The zero-order chi connectivity index (χ0) is 19.6. The number of urea groups is 1. The Morgan fingerprint density at radius 2 is 1.96 bits per heavy atom. The van der Waals surface area contributed by atoms with Crippen molar-refractivity contribution in [2.45, 2.75) is 39.8 Å². The van der Waals surface area contributed by atoms with E-state index in [2.05, 4.69) is 0 Å². The average Bonchev–Trinajstić information content (AvgIpc) is 2.50. The van der Waals surface area contributed by atoms with E-state index >= 15 is 0 Å². The second-order valence-corrected chi connectivity index (χ2v) is 8.78. The van der Waals surface area contributed by atoms with Gasteiger partial charge in [0.2, 0.25) is 0 Å². The number of aliphatic carboxylic acids is 1. The predicted octanol–water partition coefficient (Wildman–Crippen LogP) is 2.02. The SMILES string of the molecule is Cc1ccc2c(c1)CN(C(=O)N(CC(C)C)CP(=O)(O)O)C(C(=O)O)C2. The first-order valence-corrected chi connectivity index (χ1v) is 10.2. The lowest BCUT2D eigenvalue weighted by Crippen LogP contribution is -2.54. The molecule has 0 bridgehead atoms. The number of carbonyl (C=O) groups is 2. The maximum atomic E-state index is 13.0. The van der Waals surface area contributed by atoms with Crippen LogP contribution in [-0.4, -0.2) is 55.6 Å². The molecule has 1 aliphatic heterocycles. The van der Waals surface area contributed by atoms with Crippen molar-refractivity contribution in [3.05, 3.63) is 34.9 Å². The minimum absolute atomic E-state index is 0.0203. The number of nitrogens with zero attached hydrogens (tertiary/aromatic N) is 2. The standard InChI is InChI=1S/C17H25N2O6P/c1-11(2)8-18(10-26(23,24)25)17(22)19-9-14-6-12(3)4-5-13(14)7-15(19)16(20)21/h4-6,11,15H,7-10H2,1-3H3,(H,20,21)(H2,23,24,25). The monoisotopic (exact) mass is 384 g/mol. The van der Waals surface area contributed by atoms with Gasteiger partial charge in [-0.1, -0.05) is 37.6 Å². The zero-order valence-electron chi connectivity index (χ0n) is 15.1. The van der Waals surface area contributed by atoms with Gasteiger partial charge in [-0.25, -0.2) is 9.59 Å².